The molecule has 39 heavy (non-hydrogen) atoms. The van der Waals surface area contributed by atoms with Crippen LogP contribution in [-0.2, 0) is 10.1 Å². The number of aromatic nitrogens is 1. The maximum absolute atomic E-state index is 13.9. The lowest BCUT2D eigenvalue weighted by Gasteiger charge is -2.15. The van der Waals surface area contributed by atoms with Crippen molar-refractivity contribution in [1.29, 1.82) is 0 Å². The molecule has 0 bridgehead atoms. The number of aryl methyl sites for hydroxylation is 1. The summed E-state index contributed by atoms with van der Waals surface area (Å²) in [5, 5.41) is 15.1. The molecule has 8 nitrogen and oxygen atoms in total. The number of benzene rings is 4. The third kappa shape index (κ3) is 3.96. The second-order valence-electron chi connectivity index (χ2n) is 9.25. The van der Waals surface area contributed by atoms with Crippen LogP contribution in [0.3, 0.4) is 0 Å². The molecule has 9 heteroatoms. The zero-order valence-electron chi connectivity index (χ0n) is 20.5. The molecule has 0 unspecified atom stereocenters. The smallest absolute Gasteiger partial charge is 0.296 e. The van der Waals surface area contributed by atoms with Crippen molar-refractivity contribution in [3.05, 3.63) is 132 Å². The van der Waals surface area contributed by atoms with Gasteiger partial charge < -0.3 is 10.4 Å². The summed E-state index contributed by atoms with van der Waals surface area (Å²) < 4.78 is 35.3. The van der Waals surface area contributed by atoms with Gasteiger partial charge in [0.25, 0.3) is 15.7 Å². The molecule has 4 aromatic carbocycles. The first-order valence-corrected chi connectivity index (χ1v) is 13.4. The highest BCUT2D eigenvalue weighted by Gasteiger charge is 2.25. The van der Waals surface area contributed by atoms with Crippen LogP contribution in [-0.4, -0.2) is 23.1 Å². The van der Waals surface area contributed by atoms with Crippen molar-refractivity contribution in [2.24, 2.45) is 0 Å². The van der Waals surface area contributed by atoms with Gasteiger partial charge in [-0.15, -0.1) is 0 Å². The van der Waals surface area contributed by atoms with Gasteiger partial charge >= 0.3 is 0 Å². The highest BCUT2D eigenvalue weighted by Crippen LogP contribution is 2.31. The number of aliphatic hydroxyl groups excluding tert-OH is 1. The van der Waals surface area contributed by atoms with Crippen molar-refractivity contribution in [3.63, 3.8) is 0 Å². The van der Waals surface area contributed by atoms with Gasteiger partial charge in [0.1, 0.15) is 10.7 Å². The van der Waals surface area contributed by atoms with E-state index in [0.717, 1.165) is 11.6 Å². The fourth-order valence-corrected chi connectivity index (χ4v) is 5.72. The average Bonchev–Trinajstić information content (AvgIpc) is 2.91. The molecule has 2 aliphatic rings. The molecule has 6 rings (SSSR count). The van der Waals surface area contributed by atoms with E-state index < -0.39 is 26.0 Å². The third-order valence-electron chi connectivity index (χ3n) is 6.72. The minimum Gasteiger partial charge on any atom is -0.506 e. The van der Waals surface area contributed by atoms with Crippen LogP contribution in [0.25, 0.3) is 27.4 Å². The Labute approximate surface area is 221 Å². The highest BCUT2D eigenvalue weighted by atomic mass is 32.2. The van der Waals surface area contributed by atoms with Crippen molar-refractivity contribution in [2.75, 3.05) is 5.32 Å². The number of anilines is 2. The summed E-state index contributed by atoms with van der Waals surface area (Å²) in [4.78, 5) is 30.8. The normalized spacial score (nSPS) is 12.8. The molecule has 0 saturated heterocycles. The van der Waals surface area contributed by atoms with Gasteiger partial charge in [0.2, 0.25) is 0 Å². The third-order valence-corrected chi connectivity index (χ3v) is 7.59. The van der Waals surface area contributed by atoms with Crippen molar-refractivity contribution >= 4 is 48.9 Å². The molecular formula is C30H20N2O6S. The lowest BCUT2D eigenvalue weighted by molar-refractivity contribution is 0.484. The second-order valence-corrected chi connectivity index (χ2v) is 10.6. The van der Waals surface area contributed by atoms with E-state index in [1.54, 1.807) is 66.7 Å². The monoisotopic (exact) mass is 536 g/mol. The summed E-state index contributed by atoms with van der Waals surface area (Å²) in [5.41, 5.74) is 0.259. The number of rotatable bonds is 4. The molecule has 0 aromatic heterocycles. The van der Waals surface area contributed by atoms with E-state index >= 15 is 0 Å². The summed E-state index contributed by atoms with van der Waals surface area (Å²) in [6.45, 7) is 1.88. The van der Waals surface area contributed by atoms with Gasteiger partial charge in [-0.2, -0.15) is 8.42 Å². The van der Waals surface area contributed by atoms with E-state index in [2.05, 4.69) is 10.3 Å². The summed E-state index contributed by atoms with van der Waals surface area (Å²) >= 11 is 0. The summed E-state index contributed by atoms with van der Waals surface area (Å²) in [7, 11) is -4.89. The van der Waals surface area contributed by atoms with E-state index in [1.165, 1.54) is 0 Å². The van der Waals surface area contributed by atoms with Crippen LogP contribution in [0, 0.1) is 17.4 Å². The molecule has 0 saturated carbocycles. The van der Waals surface area contributed by atoms with E-state index in [9.17, 15) is 27.7 Å². The predicted octanol–water partition coefficient (Wildman–Crippen LogP) is 4.00. The zero-order chi connectivity index (χ0) is 27.5. The second kappa shape index (κ2) is 8.87. The highest BCUT2D eigenvalue weighted by molar-refractivity contribution is 7.86. The van der Waals surface area contributed by atoms with E-state index in [0.29, 0.717) is 16.6 Å². The van der Waals surface area contributed by atoms with Crippen molar-refractivity contribution in [2.45, 2.75) is 11.8 Å². The van der Waals surface area contributed by atoms with Crippen molar-refractivity contribution < 1.29 is 18.1 Å². The largest absolute Gasteiger partial charge is 0.506 e. The first-order valence-electron chi connectivity index (χ1n) is 11.9. The zero-order valence-corrected chi connectivity index (χ0v) is 21.3. The maximum atomic E-state index is 13.9. The predicted molar refractivity (Wildman–Crippen MR) is 149 cm³/mol. The Morgan fingerprint density at radius 3 is 2.23 bits per heavy atom. The van der Waals surface area contributed by atoms with Crippen LogP contribution in [0.4, 0.5) is 11.4 Å². The minimum atomic E-state index is -4.89. The van der Waals surface area contributed by atoms with Crippen LogP contribution < -0.4 is 21.5 Å². The fourth-order valence-electron chi connectivity index (χ4n) is 5.06. The molecule has 1 aliphatic heterocycles. The van der Waals surface area contributed by atoms with Crippen LogP contribution >= 0.6 is 0 Å². The number of hydrogen-bond donors (Lipinski definition) is 3. The molecule has 0 atom stereocenters. The topological polar surface area (TPSA) is 134 Å². The Bertz CT molecular complexity index is 2290. The molecule has 0 spiro atoms. The molecule has 0 radical (unpaired) electrons. The van der Waals surface area contributed by atoms with E-state index in [-0.39, 0.29) is 43.4 Å². The van der Waals surface area contributed by atoms with Crippen LogP contribution in [0.1, 0.15) is 11.1 Å². The van der Waals surface area contributed by atoms with Gasteiger partial charge in [0, 0.05) is 27.1 Å². The maximum Gasteiger partial charge on any atom is 0.296 e. The Kier molecular flexibility index (Phi) is 5.56. The summed E-state index contributed by atoms with van der Waals surface area (Å²) in [6.07, 6.45) is 0. The lowest BCUT2D eigenvalue weighted by Crippen LogP contribution is -2.33. The molecule has 0 fully saturated rings. The standard InChI is InChI=1S/C30H20N2O6S/c1-16-8-7-11-18(14-16)31-21-15-22(39(36,37)38)27-25-23(19-12-5-6-13-20(19)29(34)24(21)25)26(30(35)32-27)28(33)17-9-3-2-4-10-17/h2-15,31,33H,1H3,(H,36,37,38)/b28-26-. The van der Waals surface area contributed by atoms with E-state index in [4.69, 9.17) is 0 Å². The van der Waals surface area contributed by atoms with Gasteiger partial charge in [-0.1, -0.05) is 66.7 Å². The Morgan fingerprint density at radius 2 is 1.54 bits per heavy atom. The molecule has 4 aromatic rings. The first-order chi connectivity index (χ1) is 18.6. The SMILES string of the molecule is Cc1cccc(Nc2cc(S(=O)(=O)O)c3nc(=O)/c(=C(\O)c4ccccc4)c4c5ccccc5c(=O)c2c3=4)c1. The van der Waals surface area contributed by atoms with Crippen molar-refractivity contribution in [1.82, 2.24) is 4.98 Å². The van der Waals surface area contributed by atoms with Gasteiger partial charge in [-0.3, -0.25) is 14.1 Å². The lowest BCUT2D eigenvalue weighted by atomic mass is 9.96. The molecular weight excluding hydrogens is 516 g/mol. The Hall–Kier alpha value is -4.86. The number of fused-ring (bicyclic) bond motifs is 2. The Morgan fingerprint density at radius 1 is 0.846 bits per heavy atom. The van der Waals surface area contributed by atoms with Gasteiger partial charge in [-0.05, 0) is 36.1 Å². The van der Waals surface area contributed by atoms with Gasteiger partial charge in [0.15, 0.2) is 5.43 Å². The number of hydrogen-bond acceptors (Lipinski definition) is 7. The number of aliphatic hydroxyl groups is 1. The number of nitrogens with zero attached hydrogens (tertiary/aromatic N) is 1. The Balaban J connectivity index is 1.97. The van der Waals surface area contributed by atoms with Crippen LogP contribution in [0.5, 0.6) is 0 Å². The van der Waals surface area contributed by atoms with E-state index in [1.807, 2.05) is 19.1 Å². The molecule has 1 heterocycles. The quantitative estimate of drug-likeness (QED) is 0.288. The van der Waals surface area contributed by atoms with Crippen LogP contribution in [0.15, 0.2) is 99.4 Å². The molecule has 0 amide bonds. The first kappa shape index (κ1) is 24.5. The average molecular weight is 537 g/mol. The van der Waals surface area contributed by atoms with Gasteiger partial charge in [0.05, 0.1) is 21.8 Å². The molecule has 1 aliphatic carbocycles. The summed E-state index contributed by atoms with van der Waals surface area (Å²) in [6, 6.07) is 23.3. The number of nitrogens with one attached hydrogen (secondary N) is 1. The molecule has 3 N–H and O–H groups in total. The van der Waals surface area contributed by atoms with Gasteiger partial charge in [-0.25, -0.2) is 4.98 Å². The molecule has 192 valence electrons. The van der Waals surface area contributed by atoms with Crippen LogP contribution in [0.2, 0.25) is 0 Å². The summed E-state index contributed by atoms with van der Waals surface area (Å²) in [5.74, 6) is -0.370. The fraction of sp³-hybridized carbons (Fsp3) is 0.0333. The minimum absolute atomic E-state index is 0.0426. The van der Waals surface area contributed by atoms with Crippen molar-refractivity contribution in [3.8, 4) is 0 Å².